The van der Waals surface area contributed by atoms with Crippen molar-refractivity contribution in [2.24, 2.45) is 0 Å². The molecule has 2 aromatic rings. The number of hydrogen-bond donors (Lipinski definition) is 0. The second-order valence-corrected chi connectivity index (χ2v) is 6.56. The lowest BCUT2D eigenvalue weighted by molar-refractivity contribution is 0.0817. The molecule has 0 fully saturated rings. The van der Waals surface area contributed by atoms with Crippen LogP contribution in [0.5, 0.6) is 0 Å². The predicted octanol–water partition coefficient (Wildman–Crippen LogP) is 1.57. The summed E-state index contributed by atoms with van der Waals surface area (Å²) in [6.45, 7) is 7.85. The van der Waals surface area contributed by atoms with E-state index in [4.69, 9.17) is 9.15 Å². The minimum absolute atomic E-state index is 0.292. The SMILES string of the molecule is CCn1nnc2c1[C@H](COCCN(C)C)CN(Cc1ccco1)C2. The van der Waals surface area contributed by atoms with Crippen molar-refractivity contribution in [2.75, 3.05) is 40.4 Å². The van der Waals surface area contributed by atoms with Gasteiger partial charge < -0.3 is 14.1 Å². The highest BCUT2D eigenvalue weighted by molar-refractivity contribution is 5.20. The first-order chi connectivity index (χ1) is 11.7. The summed E-state index contributed by atoms with van der Waals surface area (Å²) in [7, 11) is 4.12. The molecule has 7 heteroatoms. The van der Waals surface area contributed by atoms with Gasteiger partial charge in [-0.2, -0.15) is 0 Å². The Morgan fingerprint density at radius 1 is 1.42 bits per heavy atom. The van der Waals surface area contributed by atoms with E-state index < -0.39 is 0 Å². The number of hydrogen-bond acceptors (Lipinski definition) is 6. The molecule has 0 saturated carbocycles. The number of ether oxygens (including phenoxy) is 1. The van der Waals surface area contributed by atoms with Gasteiger partial charge in [0.05, 0.1) is 31.7 Å². The predicted molar refractivity (Wildman–Crippen MR) is 90.6 cm³/mol. The van der Waals surface area contributed by atoms with Crippen molar-refractivity contribution in [1.82, 2.24) is 24.8 Å². The minimum Gasteiger partial charge on any atom is -0.468 e. The Labute approximate surface area is 143 Å². The lowest BCUT2D eigenvalue weighted by Gasteiger charge is -2.31. The van der Waals surface area contributed by atoms with Gasteiger partial charge in [0.2, 0.25) is 0 Å². The first-order valence-corrected chi connectivity index (χ1v) is 8.56. The van der Waals surface area contributed by atoms with Gasteiger partial charge >= 0.3 is 0 Å². The summed E-state index contributed by atoms with van der Waals surface area (Å²) in [6, 6.07) is 3.95. The normalized spacial score (nSPS) is 18.2. The van der Waals surface area contributed by atoms with Gasteiger partial charge in [0.1, 0.15) is 11.5 Å². The maximum Gasteiger partial charge on any atom is 0.117 e. The van der Waals surface area contributed by atoms with Crippen molar-refractivity contribution in [1.29, 1.82) is 0 Å². The van der Waals surface area contributed by atoms with E-state index in [0.717, 1.165) is 50.8 Å². The third-order valence-electron chi connectivity index (χ3n) is 4.35. The Morgan fingerprint density at radius 3 is 3.00 bits per heavy atom. The van der Waals surface area contributed by atoms with Crippen LogP contribution in [0.1, 0.15) is 30.0 Å². The van der Waals surface area contributed by atoms with E-state index in [9.17, 15) is 0 Å². The van der Waals surface area contributed by atoms with E-state index in [1.54, 1.807) is 6.26 Å². The molecule has 132 valence electrons. The van der Waals surface area contributed by atoms with Gasteiger partial charge in [-0.15, -0.1) is 5.10 Å². The summed E-state index contributed by atoms with van der Waals surface area (Å²) in [5.41, 5.74) is 2.30. The topological polar surface area (TPSA) is 59.6 Å². The summed E-state index contributed by atoms with van der Waals surface area (Å²) in [5.74, 6) is 1.27. The van der Waals surface area contributed by atoms with Crippen LogP contribution in [0.4, 0.5) is 0 Å². The highest BCUT2D eigenvalue weighted by atomic mass is 16.5. The number of likely N-dealkylation sites (N-methyl/N-ethyl adjacent to an activating group) is 1. The Balaban J connectivity index is 1.68. The number of fused-ring (bicyclic) bond motifs is 1. The van der Waals surface area contributed by atoms with E-state index in [1.807, 2.05) is 16.8 Å². The molecule has 1 aliphatic heterocycles. The van der Waals surface area contributed by atoms with Crippen molar-refractivity contribution in [3.8, 4) is 0 Å². The van der Waals surface area contributed by atoms with Gasteiger partial charge in [-0.05, 0) is 33.2 Å². The van der Waals surface area contributed by atoms with Crippen LogP contribution in [0, 0.1) is 0 Å². The van der Waals surface area contributed by atoms with Gasteiger partial charge in [0, 0.05) is 32.1 Å². The summed E-state index contributed by atoms with van der Waals surface area (Å²) in [5, 5.41) is 8.70. The molecule has 0 spiro atoms. The van der Waals surface area contributed by atoms with Crippen LogP contribution in [-0.4, -0.2) is 65.2 Å². The third-order valence-corrected chi connectivity index (χ3v) is 4.35. The molecule has 0 N–H and O–H groups in total. The van der Waals surface area contributed by atoms with Crippen molar-refractivity contribution >= 4 is 0 Å². The van der Waals surface area contributed by atoms with E-state index in [0.29, 0.717) is 12.5 Å². The van der Waals surface area contributed by atoms with Gasteiger partial charge in [-0.1, -0.05) is 5.21 Å². The molecule has 0 unspecified atom stereocenters. The van der Waals surface area contributed by atoms with Crippen LogP contribution >= 0.6 is 0 Å². The molecule has 0 radical (unpaired) electrons. The average Bonchev–Trinajstić information content (AvgIpc) is 3.20. The molecule has 24 heavy (non-hydrogen) atoms. The molecular weight excluding hydrogens is 306 g/mol. The lowest BCUT2D eigenvalue weighted by Crippen LogP contribution is -2.36. The maximum atomic E-state index is 5.93. The molecule has 1 atom stereocenters. The molecule has 0 amide bonds. The van der Waals surface area contributed by atoms with E-state index >= 15 is 0 Å². The molecular formula is C17H27N5O2. The highest BCUT2D eigenvalue weighted by Gasteiger charge is 2.31. The zero-order valence-corrected chi connectivity index (χ0v) is 14.8. The monoisotopic (exact) mass is 333 g/mol. The van der Waals surface area contributed by atoms with E-state index in [-0.39, 0.29) is 0 Å². The minimum atomic E-state index is 0.292. The standard InChI is InChI=1S/C17H27N5O2/c1-4-22-17-14(13-23-9-7-20(2)3)10-21(12-16(17)18-19-22)11-15-6-5-8-24-15/h5-6,8,14H,4,7,9-13H2,1-3H3/t14-/m0/s1. The van der Waals surface area contributed by atoms with Gasteiger partial charge in [0.15, 0.2) is 0 Å². The number of furan rings is 1. The second kappa shape index (κ2) is 7.92. The molecule has 0 aromatic carbocycles. The molecule has 3 heterocycles. The van der Waals surface area contributed by atoms with Crippen molar-refractivity contribution in [3.63, 3.8) is 0 Å². The smallest absolute Gasteiger partial charge is 0.117 e. The summed E-state index contributed by atoms with van der Waals surface area (Å²) < 4.78 is 13.4. The molecule has 0 aliphatic carbocycles. The Bertz CT molecular complexity index is 623. The quantitative estimate of drug-likeness (QED) is 0.684. The molecule has 2 aromatic heterocycles. The maximum absolute atomic E-state index is 5.93. The van der Waals surface area contributed by atoms with Crippen molar-refractivity contribution in [3.05, 3.63) is 35.5 Å². The van der Waals surface area contributed by atoms with E-state index in [1.165, 1.54) is 5.69 Å². The summed E-state index contributed by atoms with van der Waals surface area (Å²) >= 11 is 0. The average molecular weight is 333 g/mol. The lowest BCUT2D eigenvalue weighted by atomic mass is 9.98. The van der Waals surface area contributed by atoms with Gasteiger partial charge in [0.25, 0.3) is 0 Å². The summed E-state index contributed by atoms with van der Waals surface area (Å²) in [6.07, 6.45) is 1.72. The van der Waals surface area contributed by atoms with Crippen LogP contribution in [0.3, 0.4) is 0 Å². The van der Waals surface area contributed by atoms with Crippen LogP contribution < -0.4 is 0 Å². The zero-order valence-electron chi connectivity index (χ0n) is 14.8. The number of rotatable bonds is 8. The molecule has 3 rings (SSSR count). The van der Waals surface area contributed by atoms with Crippen molar-refractivity contribution in [2.45, 2.75) is 32.5 Å². The summed E-state index contributed by atoms with van der Waals surface area (Å²) in [4.78, 5) is 4.49. The Morgan fingerprint density at radius 2 is 2.29 bits per heavy atom. The number of aromatic nitrogens is 3. The Hall–Kier alpha value is -1.70. The largest absolute Gasteiger partial charge is 0.468 e. The fourth-order valence-electron chi connectivity index (χ4n) is 3.17. The van der Waals surface area contributed by atoms with Crippen molar-refractivity contribution < 1.29 is 9.15 Å². The van der Waals surface area contributed by atoms with Gasteiger partial charge in [-0.3, -0.25) is 4.90 Å². The third kappa shape index (κ3) is 4.03. The Kier molecular flexibility index (Phi) is 5.65. The second-order valence-electron chi connectivity index (χ2n) is 6.56. The first-order valence-electron chi connectivity index (χ1n) is 8.56. The van der Waals surface area contributed by atoms with Crippen LogP contribution in [0.15, 0.2) is 22.8 Å². The fraction of sp³-hybridized carbons (Fsp3) is 0.647. The molecule has 1 aliphatic rings. The van der Waals surface area contributed by atoms with Crippen LogP contribution in [0.2, 0.25) is 0 Å². The zero-order chi connectivity index (χ0) is 16.9. The van der Waals surface area contributed by atoms with Crippen LogP contribution in [-0.2, 0) is 24.4 Å². The molecule has 7 nitrogen and oxygen atoms in total. The molecule has 0 bridgehead atoms. The van der Waals surface area contributed by atoms with E-state index in [2.05, 4.69) is 41.1 Å². The number of aryl methyl sites for hydroxylation is 1. The molecule has 0 saturated heterocycles. The van der Waals surface area contributed by atoms with Crippen LogP contribution in [0.25, 0.3) is 0 Å². The van der Waals surface area contributed by atoms with Gasteiger partial charge in [-0.25, -0.2) is 4.68 Å². The first kappa shape index (κ1) is 17.1. The fourth-order valence-corrected chi connectivity index (χ4v) is 3.17. The number of nitrogens with zero attached hydrogens (tertiary/aromatic N) is 5. The highest BCUT2D eigenvalue weighted by Crippen LogP contribution is 2.28.